The molecule has 4 aromatic carbocycles. The molecule has 2 unspecified atom stereocenters. The summed E-state index contributed by atoms with van der Waals surface area (Å²) in [5, 5.41) is 36.1. The van der Waals surface area contributed by atoms with E-state index in [1.54, 1.807) is 23.1 Å². The molecule has 17 heteroatoms. The van der Waals surface area contributed by atoms with E-state index in [2.05, 4.69) is 15.3 Å². The number of nitrogens with zero attached hydrogens (tertiary/aromatic N) is 1. The van der Waals surface area contributed by atoms with Crippen molar-refractivity contribution in [2.45, 2.75) is 37.8 Å². The summed E-state index contributed by atoms with van der Waals surface area (Å²) in [7, 11) is 0. The zero-order valence-electron chi connectivity index (χ0n) is 31.3. The van der Waals surface area contributed by atoms with Crippen molar-refractivity contribution in [2.24, 2.45) is 0 Å². The van der Waals surface area contributed by atoms with E-state index in [1.165, 1.54) is 42.0 Å². The molecule has 1 fully saturated rings. The Kier molecular flexibility index (Phi) is 17.1. The molecule has 0 spiro atoms. The molecule has 0 radical (unpaired) electrons. The molecule has 5 heterocycles. The summed E-state index contributed by atoms with van der Waals surface area (Å²) in [6, 6.07) is 20.0. The Hall–Kier alpha value is -3.23. The number of fused-ring (bicyclic) bond motifs is 6. The quantitative estimate of drug-likeness (QED) is 0.103. The Morgan fingerprint density at radius 1 is 0.678 bits per heavy atom. The molecule has 1 saturated heterocycles. The molecule has 3 aliphatic rings. The van der Waals surface area contributed by atoms with Gasteiger partial charge in [0.25, 0.3) is 5.91 Å². The number of carboxylic acid groups (broad SMARTS) is 1. The maximum absolute atomic E-state index is 13.0. The van der Waals surface area contributed by atoms with E-state index in [-0.39, 0.29) is 48.2 Å². The first-order valence-corrected chi connectivity index (χ1v) is 20.7. The van der Waals surface area contributed by atoms with Gasteiger partial charge in [0.1, 0.15) is 0 Å². The van der Waals surface area contributed by atoms with Crippen LogP contribution in [0.3, 0.4) is 0 Å². The number of hydrogen-bond acceptors (Lipinski definition) is 6. The van der Waals surface area contributed by atoms with E-state index < -0.39 is 12.0 Å². The number of amides is 1. The van der Waals surface area contributed by atoms with Crippen molar-refractivity contribution >= 4 is 116 Å². The topological polar surface area (TPSA) is 151 Å². The van der Waals surface area contributed by atoms with Crippen molar-refractivity contribution in [3.63, 3.8) is 0 Å². The number of aromatic nitrogens is 2. The van der Waals surface area contributed by atoms with E-state index in [0.29, 0.717) is 38.6 Å². The van der Waals surface area contributed by atoms with E-state index in [0.717, 1.165) is 64.6 Å². The molecule has 10 nitrogen and oxygen atoms in total. The van der Waals surface area contributed by atoms with Gasteiger partial charge in [0, 0.05) is 68.6 Å². The van der Waals surface area contributed by atoms with Crippen LogP contribution >= 0.6 is 82.0 Å². The third-order valence-corrected chi connectivity index (χ3v) is 12.0. The molecule has 59 heavy (non-hydrogen) atoms. The van der Waals surface area contributed by atoms with Gasteiger partial charge >= 0.3 is 5.97 Å². The number of nitrogens with one attached hydrogen (secondary N) is 3. The number of benzene rings is 4. The van der Waals surface area contributed by atoms with E-state index in [4.69, 9.17) is 79.4 Å². The molecule has 6 N–H and O–H groups in total. The number of carbonyl (C=O) groups excluding carboxylic acids is 1. The zero-order chi connectivity index (χ0) is 41.5. The van der Waals surface area contributed by atoms with Gasteiger partial charge in [-0.2, -0.15) is 0 Å². The summed E-state index contributed by atoms with van der Waals surface area (Å²) >= 11 is 35.2. The maximum Gasteiger partial charge on any atom is 0.335 e. The first kappa shape index (κ1) is 46.8. The van der Waals surface area contributed by atoms with Crippen LogP contribution in [0.4, 0.5) is 0 Å². The lowest BCUT2D eigenvalue weighted by Gasteiger charge is -2.35. The second-order valence-electron chi connectivity index (χ2n) is 13.7. The van der Waals surface area contributed by atoms with Crippen LogP contribution in [0.1, 0.15) is 68.2 Å². The van der Waals surface area contributed by atoms with Crippen molar-refractivity contribution < 1.29 is 29.6 Å². The summed E-state index contributed by atoms with van der Waals surface area (Å²) in [5.41, 5.74) is 6.96. The zero-order valence-corrected chi connectivity index (χ0v) is 36.7. The van der Waals surface area contributed by atoms with Crippen molar-refractivity contribution in [2.75, 3.05) is 39.5 Å². The molecule has 1 amide bonds. The summed E-state index contributed by atoms with van der Waals surface area (Å²) in [5.74, 6) is -1.20. The van der Waals surface area contributed by atoms with Crippen LogP contribution < -0.4 is 5.32 Å². The Morgan fingerprint density at radius 2 is 1.22 bits per heavy atom. The number of carboxylic acids is 1. The highest BCUT2D eigenvalue weighted by atomic mass is 35.5. The number of hydrogen-bond donors (Lipinski definition) is 6. The van der Waals surface area contributed by atoms with Crippen LogP contribution in [-0.4, -0.2) is 81.6 Å². The number of H-pyrrole nitrogens is 2. The third-order valence-electron chi connectivity index (χ3n) is 10.0. The summed E-state index contributed by atoms with van der Waals surface area (Å²) < 4.78 is 4.94. The monoisotopic (exact) mass is 942 g/mol. The SMILES string of the molecule is C1CCOC1.Cl.O=C(O)c1ccc(Cl)c(Cl)c1.O=C(c1ccc(Cl)c(Cl)c1)N1CCc2c([nH]c3ccc(Cl)cc23)C1CO.OCC1NCCc2c1[nH]c1ccc(Cl)cc21. The lowest BCUT2D eigenvalue weighted by Crippen LogP contribution is -2.41. The smallest absolute Gasteiger partial charge is 0.335 e. The number of aromatic carboxylic acids is 1. The largest absolute Gasteiger partial charge is 0.478 e. The highest BCUT2D eigenvalue weighted by Gasteiger charge is 2.33. The van der Waals surface area contributed by atoms with Crippen molar-refractivity contribution in [3.8, 4) is 0 Å². The second-order valence-corrected chi connectivity index (χ2v) is 16.2. The van der Waals surface area contributed by atoms with Gasteiger partial charge in [-0.25, -0.2) is 4.79 Å². The number of rotatable bonds is 4. The first-order valence-electron chi connectivity index (χ1n) is 18.5. The molecule has 0 bridgehead atoms. The van der Waals surface area contributed by atoms with Crippen LogP contribution in [0.2, 0.25) is 30.1 Å². The van der Waals surface area contributed by atoms with Crippen molar-refractivity contribution in [1.29, 1.82) is 0 Å². The average molecular weight is 946 g/mol. The van der Waals surface area contributed by atoms with Gasteiger partial charge in [0.2, 0.25) is 0 Å². The van der Waals surface area contributed by atoms with E-state index >= 15 is 0 Å². The summed E-state index contributed by atoms with van der Waals surface area (Å²) in [6.07, 6.45) is 4.21. The molecular weight excluding hydrogens is 905 g/mol. The molecule has 2 aromatic heterocycles. The third kappa shape index (κ3) is 11.2. The van der Waals surface area contributed by atoms with E-state index in [9.17, 15) is 19.8 Å². The normalized spacial score (nSPS) is 16.6. The number of carbonyl (C=O) groups is 2. The van der Waals surface area contributed by atoms with Gasteiger partial charge in [-0.05, 0) is 116 Å². The molecule has 314 valence electrons. The molecule has 3 aliphatic heterocycles. The lowest BCUT2D eigenvalue weighted by molar-refractivity contribution is 0.0562. The van der Waals surface area contributed by atoms with Gasteiger partial charge in [-0.15, -0.1) is 12.4 Å². The number of aliphatic hydroxyl groups is 2. The highest BCUT2D eigenvalue weighted by molar-refractivity contribution is 6.42. The van der Waals surface area contributed by atoms with Crippen LogP contribution in [-0.2, 0) is 17.6 Å². The van der Waals surface area contributed by atoms with Crippen molar-refractivity contribution in [3.05, 3.63) is 137 Å². The number of aliphatic hydroxyl groups excluding tert-OH is 2. The van der Waals surface area contributed by atoms with Gasteiger partial charge in [0.05, 0.1) is 51.0 Å². The maximum atomic E-state index is 13.0. The molecule has 9 rings (SSSR count). The fraction of sp³-hybridized carbons (Fsp3) is 0.286. The summed E-state index contributed by atoms with van der Waals surface area (Å²) in [4.78, 5) is 31.7. The van der Waals surface area contributed by atoms with Crippen LogP contribution in [0, 0.1) is 0 Å². The Bertz CT molecular complexity index is 2410. The van der Waals surface area contributed by atoms with Gasteiger partial charge in [-0.3, -0.25) is 4.79 Å². The standard InChI is InChI=1S/C19H15Cl3N2O2.C12H13ClN2O.C7H4Cl2O2.C4H8O.ClH/c20-11-2-4-16-13(8-11)12-5-6-24(17(9-25)18(12)23-16)19(26)10-1-3-14(21)15(22)7-10;13-7-1-2-10-9(5-7)8-3-4-14-11(6-16)12(8)15-10;8-5-2-1-4(7(10)11)3-6(5)9;1-2-4-5-3-1;/h1-4,7-8,17,23,25H,5-6,9H2;1-2,5,11,14-16H,3-4,6H2;1-3H,(H,10,11);1-4H2;1H. The molecule has 0 saturated carbocycles. The van der Waals surface area contributed by atoms with Gasteiger partial charge in [-0.1, -0.05) is 69.6 Å². The van der Waals surface area contributed by atoms with Crippen LogP contribution in [0.15, 0.2) is 72.8 Å². The molecular formula is C42H41Cl7N4O6. The fourth-order valence-corrected chi connectivity index (χ4v) is 8.08. The van der Waals surface area contributed by atoms with Crippen molar-refractivity contribution in [1.82, 2.24) is 20.2 Å². The number of halogens is 7. The number of ether oxygens (including phenoxy) is 1. The minimum Gasteiger partial charge on any atom is -0.478 e. The van der Waals surface area contributed by atoms with Crippen LogP contribution in [0.5, 0.6) is 0 Å². The summed E-state index contributed by atoms with van der Waals surface area (Å²) in [6.45, 7) is 3.34. The average Bonchev–Trinajstić information content (AvgIpc) is 4.00. The highest BCUT2D eigenvalue weighted by Crippen LogP contribution is 2.37. The molecule has 6 aromatic rings. The molecule has 0 aliphatic carbocycles. The van der Waals surface area contributed by atoms with Gasteiger partial charge in [0.15, 0.2) is 0 Å². The minimum absolute atomic E-state index is 0. The first-order chi connectivity index (χ1) is 27.9. The Balaban J connectivity index is 0.000000170. The minimum atomic E-state index is -1.01. The Labute approximate surface area is 377 Å². The predicted molar refractivity (Wildman–Crippen MR) is 240 cm³/mol. The lowest BCUT2D eigenvalue weighted by atomic mass is 9.97. The predicted octanol–water partition coefficient (Wildman–Crippen LogP) is 10.8. The fourth-order valence-electron chi connectivity index (χ4n) is 7.14. The molecule has 2 atom stereocenters. The van der Waals surface area contributed by atoms with Crippen LogP contribution in [0.25, 0.3) is 21.8 Å². The second kappa shape index (κ2) is 21.5. The number of aromatic amines is 2. The van der Waals surface area contributed by atoms with Gasteiger partial charge < -0.3 is 40.2 Å². The Morgan fingerprint density at radius 3 is 1.73 bits per heavy atom. The van der Waals surface area contributed by atoms with E-state index in [1.807, 2.05) is 36.4 Å².